The van der Waals surface area contributed by atoms with Crippen molar-refractivity contribution in [3.63, 3.8) is 0 Å². The Balaban J connectivity index is 1.86. The number of imide groups is 1. The lowest BCUT2D eigenvalue weighted by Gasteiger charge is -2.21. The first kappa shape index (κ1) is 14.8. The molecule has 3 amide bonds. The maximum Gasteiger partial charge on any atom is 0.318 e. The number of hydrogen-bond acceptors (Lipinski definition) is 3. The Morgan fingerprint density at radius 1 is 1.30 bits per heavy atom. The van der Waals surface area contributed by atoms with Gasteiger partial charge in [-0.05, 0) is 30.5 Å². The fraction of sp³-hybridized carbons (Fsp3) is 0.429. The zero-order chi connectivity index (χ0) is 14.5. The number of carbonyl (C=O) groups is 2. The van der Waals surface area contributed by atoms with Gasteiger partial charge in [0.1, 0.15) is 0 Å². The van der Waals surface area contributed by atoms with E-state index in [1.807, 2.05) is 24.3 Å². The summed E-state index contributed by atoms with van der Waals surface area (Å²) in [6.07, 6.45) is 2.59. The van der Waals surface area contributed by atoms with Gasteiger partial charge < -0.3 is 5.73 Å². The van der Waals surface area contributed by atoms with E-state index in [4.69, 9.17) is 17.3 Å². The molecule has 1 aliphatic rings. The molecule has 3 N–H and O–H groups in total. The van der Waals surface area contributed by atoms with Crippen LogP contribution < -0.4 is 11.1 Å². The predicted molar refractivity (Wildman–Crippen MR) is 77.2 cm³/mol. The van der Waals surface area contributed by atoms with E-state index < -0.39 is 6.03 Å². The minimum Gasteiger partial charge on any atom is -0.351 e. The van der Waals surface area contributed by atoms with E-state index in [9.17, 15) is 9.59 Å². The van der Waals surface area contributed by atoms with Gasteiger partial charge in [0, 0.05) is 30.6 Å². The first-order valence-corrected chi connectivity index (χ1v) is 7.00. The van der Waals surface area contributed by atoms with Crippen molar-refractivity contribution in [2.45, 2.75) is 31.8 Å². The molecule has 1 saturated carbocycles. The van der Waals surface area contributed by atoms with Crippen molar-refractivity contribution in [1.82, 2.24) is 10.2 Å². The molecule has 0 bridgehead atoms. The normalized spacial score (nSPS) is 14.3. The largest absolute Gasteiger partial charge is 0.351 e. The second kappa shape index (κ2) is 6.72. The van der Waals surface area contributed by atoms with Crippen molar-refractivity contribution >= 4 is 23.5 Å². The van der Waals surface area contributed by atoms with Crippen molar-refractivity contribution in [1.29, 1.82) is 0 Å². The van der Waals surface area contributed by atoms with Gasteiger partial charge in [0.25, 0.3) is 0 Å². The van der Waals surface area contributed by atoms with Crippen LogP contribution in [0.25, 0.3) is 0 Å². The van der Waals surface area contributed by atoms with E-state index in [1.54, 1.807) is 0 Å². The number of rotatable bonds is 6. The maximum atomic E-state index is 11.4. The van der Waals surface area contributed by atoms with Gasteiger partial charge in [-0.2, -0.15) is 0 Å². The number of nitrogens with one attached hydrogen (secondary N) is 1. The smallest absolute Gasteiger partial charge is 0.318 e. The van der Waals surface area contributed by atoms with Crippen molar-refractivity contribution in [2.75, 3.05) is 6.54 Å². The number of carbonyl (C=O) groups excluding carboxylic acids is 2. The van der Waals surface area contributed by atoms with Gasteiger partial charge in [0.15, 0.2) is 0 Å². The summed E-state index contributed by atoms with van der Waals surface area (Å²) in [6.45, 7) is 1.40. The highest BCUT2D eigenvalue weighted by molar-refractivity contribution is 6.30. The van der Waals surface area contributed by atoms with Crippen LogP contribution in [-0.4, -0.2) is 29.4 Å². The molecule has 0 radical (unpaired) electrons. The zero-order valence-corrected chi connectivity index (χ0v) is 11.9. The summed E-state index contributed by atoms with van der Waals surface area (Å²) in [6, 6.07) is 7.43. The molecule has 1 aromatic rings. The molecule has 1 fully saturated rings. The quantitative estimate of drug-likeness (QED) is 0.841. The summed E-state index contributed by atoms with van der Waals surface area (Å²) in [4.78, 5) is 24.3. The molecule has 0 heterocycles. The van der Waals surface area contributed by atoms with E-state index in [2.05, 4.69) is 10.2 Å². The van der Waals surface area contributed by atoms with Gasteiger partial charge in [-0.3, -0.25) is 15.0 Å². The first-order chi connectivity index (χ1) is 9.54. The van der Waals surface area contributed by atoms with Crippen LogP contribution in [0, 0.1) is 0 Å². The molecule has 0 unspecified atom stereocenters. The Morgan fingerprint density at radius 2 is 1.95 bits per heavy atom. The van der Waals surface area contributed by atoms with Crippen LogP contribution in [0.1, 0.15) is 24.8 Å². The lowest BCUT2D eigenvalue weighted by atomic mass is 10.2. The molecular weight excluding hydrogens is 278 g/mol. The van der Waals surface area contributed by atoms with Crippen LogP contribution in [0.2, 0.25) is 5.02 Å². The molecule has 0 atom stereocenters. The van der Waals surface area contributed by atoms with Crippen molar-refractivity contribution in [2.24, 2.45) is 5.73 Å². The summed E-state index contributed by atoms with van der Waals surface area (Å²) >= 11 is 5.86. The summed E-state index contributed by atoms with van der Waals surface area (Å²) in [7, 11) is 0. The highest BCUT2D eigenvalue weighted by Gasteiger charge is 2.29. The number of benzene rings is 1. The molecular formula is C14H18ClN3O2. The molecule has 0 aliphatic heterocycles. The number of amides is 3. The van der Waals surface area contributed by atoms with Crippen LogP contribution >= 0.6 is 11.6 Å². The van der Waals surface area contributed by atoms with Gasteiger partial charge in [-0.1, -0.05) is 23.7 Å². The second-order valence-corrected chi connectivity index (χ2v) is 5.43. The lowest BCUT2D eigenvalue weighted by Crippen LogP contribution is -2.37. The SMILES string of the molecule is NC(=O)NC(=O)CCN(Cc1ccc(Cl)cc1)C1CC1. The lowest BCUT2D eigenvalue weighted by molar-refractivity contribution is -0.120. The molecule has 0 aromatic heterocycles. The van der Waals surface area contributed by atoms with Crippen LogP contribution in [0.15, 0.2) is 24.3 Å². The monoisotopic (exact) mass is 295 g/mol. The average Bonchev–Trinajstić information content (AvgIpc) is 3.20. The molecule has 1 aromatic carbocycles. The number of nitrogens with zero attached hydrogens (tertiary/aromatic N) is 1. The van der Waals surface area contributed by atoms with Crippen molar-refractivity contribution < 1.29 is 9.59 Å². The summed E-state index contributed by atoms with van der Waals surface area (Å²) < 4.78 is 0. The number of primary amides is 1. The Bertz CT molecular complexity index is 486. The van der Waals surface area contributed by atoms with Crippen LogP contribution in [0.4, 0.5) is 4.79 Å². The van der Waals surface area contributed by atoms with Crippen LogP contribution in [-0.2, 0) is 11.3 Å². The third-order valence-electron chi connectivity index (χ3n) is 3.25. The minimum atomic E-state index is -0.800. The first-order valence-electron chi connectivity index (χ1n) is 6.62. The van der Waals surface area contributed by atoms with E-state index in [-0.39, 0.29) is 12.3 Å². The second-order valence-electron chi connectivity index (χ2n) is 4.99. The van der Waals surface area contributed by atoms with Gasteiger partial charge in [-0.25, -0.2) is 4.79 Å². The highest BCUT2D eigenvalue weighted by Crippen LogP contribution is 2.28. The summed E-state index contributed by atoms with van der Waals surface area (Å²) in [5, 5.41) is 2.80. The predicted octanol–water partition coefficient (Wildman–Crippen LogP) is 1.89. The van der Waals surface area contributed by atoms with E-state index in [0.717, 1.165) is 24.9 Å². The van der Waals surface area contributed by atoms with Gasteiger partial charge in [0.2, 0.25) is 5.91 Å². The van der Waals surface area contributed by atoms with Gasteiger partial charge >= 0.3 is 6.03 Å². The van der Waals surface area contributed by atoms with Crippen LogP contribution in [0.3, 0.4) is 0 Å². The molecule has 0 spiro atoms. The Labute approximate surface area is 123 Å². The molecule has 0 saturated heterocycles. The fourth-order valence-electron chi connectivity index (χ4n) is 2.10. The fourth-order valence-corrected chi connectivity index (χ4v) is 2.23. The molecule has 2 rings (SSSR count). The number of urea groups is 1. The van der Waals surface area contributed by atoms with E-state index in [0.29, 0.717) is 17.6 Å². The minimum absolute atomic E-state index is 0.271. The summed E-state index contributed by atoms with van der Waals surface area (Å²) in [5.74, 6) is -0.334. The molecule has 6 heteroatoms. The molecule has 108 valence electrons. The Morgan fingerprint density at radius 3 is 2.50 bits per heavy atom. The Kier molecular flexibility index (Phi) is 4.98. The van der Waals surface area contributed by atoms with Crippen LogP contribution in [0.5, 0.6) is 0 Å². The molecule has 20 heavy (non-hydrogen) atoms. The van der Waals surface area contributed by atoms with Crippen molar-refractivity contribution in [3.05, 3.63) is 34.9 Å². The zero-order valence-electron chi connectivity index (χ0n) is 11.1. The van der Waals surface area contributed by atoms with Gasteiger partial charge in [-0.15, -0.1) is 0 Å². The third kappa shape index (κ3) is 4.83. The molecule has 1 aliphatic carbocycles. The van der Waals surface area contributed by atoms with Crippen molar-refractivity contribution in [3.8, 4) is 0 Å². The van der Waals surface area contributed by atoms with Gasteiger partial charge in [0.05, 0.1) is 0 Å². The summed E-state index contributed by atoms with van der Waals surface area (Å²) in [5.41, 5.74) is 6.08. The molecule has 5 nitrogen and oxygen atoms in total. The van der Waals surface area contributed by atoms with E-state index in [1.165, 1.54) is 0 Å². The van der Waals surface area contributed by atoms with E-state index >= 15 is 0 Å². The topological polar surface area (TPSA) is 75.4 Å². The number of hydrogen-bond donors (Lipinski definition) is 2. The number of halogens is 1. The number of nitrogens with two attached hydrogens (primary N) is 1. The maximum absolute atomic E-state index is 11.4. The third-order valence-corrected chi connectivity index (χ3v) is 3.50. The highest BCUT2D eigenvalue weighted by atomic mass is 35.5. The average molecular weight is 296 g/mol. The standard InChI is InChI=1S/C14H18ClN3O2/c15-11-3-1-10(2-4-11)9-18(12-5-6-12)8-7-13(19)17-14(16)20/h1-4,12H,5-9H2,(H3,16,17,19,20). The Hall–Kier alpha value is -1.59.